The molecular formula is C25H29N3O5. The van der Waals surface area contributed by atoms with Crippen molar-refractivity contribution in [3.05, 3.63) is 60.2 Å². The fraction of sp³-hybridized carbons (Fsp3) is 0.400. The van der Waals surface area contributed by atoms with E-state index in [1.54, 1.807) is 34.1 Å². The number of rotatable bonds is 8. The summed E-state index contributed by atoms with van der Waals surface area (Å²) in [5.74, 6) is -0.0477. The molecule has 8 heteroatoms. The van der Waals surface area contributed by atoms with Gasteiger partial charge < -0.3 is 24.6 Å². The molecule has 2 aromatic carbocycles. The molecule has 2 fully saturated rings. The molecule has 2 heterocycles. The van der Waals surface area contributed by atoms with Crippen LogP contribution < -0.4 is 15.0 Å². The Balaban J connectivity index is 1.24. The van der Waals surface area contributed by atoms with Gasteiger partial charge in [-0.3, -0.25) is 14.4 Å². The predicted molar refractivity (Wildman–Crippen MR) is 123 cm³/mol. The Morgan fingerprint density at radius 2 is 1.76 bits per heavy atom. The third-order valence-corrected chi connectivity index (χ3v) is 5.93. The lowest BCUT2D eigenvalue weighted by molar-refractivity contribution is -0.137. The third-order valence-electron chi connectivity index (χ3n) is 5.93. The van der Waals surface area contributed by atoms with Crippen molar-refractivity contribution < 1.29 is 23.9 Å². The van der Waals surface area contributed by atoms with E-state index in [4.69, 9.17) is 9.47 Å². The van der Waals surface area contributed by atoms with Crippen LogP contribution in [-0.2, 0) is 25.5 Å². The van der Waals surface area contributed by atoms with Crippen molar-refractivity contribution in [1.82, 2.24) is 10.2 Å². The van der Waals surface area contributed by atoms with E-state index >= 15 is 0 Å². The summed E-state index contributed by atoms with van der Waals surface area (Å²) in [4.78, 5) is 40.6. The van der Waals surface area contributed by atoms with E-state index in [9.17, 15) is 14.4 Å². The summed E-state index contributed by atoms with van der Waals surface area (Å²) in [6.07, 6.45) is 0.954. The lowest BCUT2D eigenvalue weighted by Crippen LogP contribution is -2.42. The van der Waals surface area contributed by atoms with Crippen LogP contribution in [0, 0.1) is 5.92 Å². The highest BCUT2D eigenvalue weighted by atomic mass is 16.5. The predicted octanol–water partition coefficient (Wildman–Crippen LogP) is 1.64. The summed E-state index contributed by atoms with van der Waals surface area (Å²) in [6, 6.07) is 17.0. The monoisotopic (exact) mass is 451 g/mol. The zero-order valence-electron chi connectivity index (χ0n) is 18.6. The van der Waals surface area contributed by atoms with Crippen molar-refractivity contribution in [3.63, 3.8) is 0 Å². The number of hydrogen-bond acceptors (Lipinski definition) is 5. The van der Waals surface area contributed by atoms with Gasteiger partial charge in [0.1, 0.15) is 5.75 Å². The molecule has 2 aromatic rings. The van der Waals surface area contributed by atoms with Crippen LogP contribution in [0.4, 0.5) is 5.69 Å². The minimum Gasteiger partial charge on any atom is -0.484 e. The summed E-state index contributed by atoms with van der Waals surface area (Å²) in [6.45, 7) is 3.13. The molecule has 2 aliphatic rings. The van der Waals surface area contributed by atoms with Crippen LogP contribution in [0.15, 0.2) is 54.6 Å². The Morgan fingerprint density at radius 3 is 2.48 bits per heavy atom. The van der Waals surface area contributed by atoms with E-state index < -0.39 is 0 Å². The molecule has 3 amide bonds. The maximum absolute atomic E-state index is 12.5. The number of nitrogens with zero attached hydrogens (tertiary/aromatic N) is 2. The zero-order chi connectivity index (χ0) is 23.0. The molecule has 174 valence electrons. The Kier molecular flexibility index (Phi) is 7.57. The number of anilines is 1. The number of carbonyl (C=O) groups excluding carboxylic acids is 3. The first-order chi connectivity index (χ1) is 16.1. The Bertz CT molecular complexity index is 958. The molecule has 0 bridgehead atoms. The second-order valence-corrected chi connectivity index (χ2v) is 8.21. The number of morpholine rings is 1. The molecule has 33 heavy (non-hydrogen) atoms. The maximum atomic E-state index is 12.5. The van der Waals surface area contributed by atoms with Crippen molar-refractivity contribution in [3.8, 4) is 5.75 Å². The molecule has 1 N–H and O–H groups in total. The average Bonchev–Trinajstić information content (AvgIpc) is 3.25. The average molecular weight is 452 g/mol. The number of nitrogens with one attached hydrogen (secondary N) is 1. The number of hydrogen-bond donors (Lipinski definition) is 1. The first-order valence-corrected chi connectivity index (χ1v) is 11.3. The topological polar surface area (TPSA) is 88.2 Å². The van der Waals surface area contributed by atoms with Gasteiger partial charge in [0.25, 0.3) is 5.91 Å². The molecule has 1 atom stereocenters. The Morgan fingerprint density at radius 1 is 1.03 bits per heavy atom. The quantitative estimate of drug-likeness (QED) is 0.659. The lowest BCUT2D eigenvalue weighted by Gasteiger charge is -2.26. The van der Waals surface area contributed by atoms with Crippen LogP contribution in [-0.4, -0.2) is 68.6 Å². The van der Waals surface area contributed by atoms with Crippen LogP contribution in [0.25, 0.3) is 0 Å². The second-order valence-electron chi connectivity index (χ2n) is 8.21. The highest BCUT2D eigenvalue weighted by Crippen LogP contribution is 2.27. The number of benzene rings is 2. The SMILES string of the molecule is O=C(NCCc1ccccc1)C1CC(=O)N(c2ccc(OCC(=O)N3CCOCC3)cc2)C1. The van der Waals surface area contributed by atoms with Crippen molar-refractivity contribution >= 4 is 23.4 Å². The molecule has 0 radical (unpaired) electrons. The highest BCUT2D eigenvalue weighted by molar-refractivity contribution is 6.00. The molecule has 1 unspecified atom stereocenters. The van der Waals surface area contributed by atoms with E-state index in [0.29, 0.717) is 50.8 Å². The van der Waals surface area contributed by atoms with E-state index in [-0.39, 0.29) is 36.7 Å². The van der Waals surface area contributed by atoms with Crippen LogP contribution in [0.3, 0.4) is 0 Å². The van der Waals surface area contributed by atoms with E-state index in [1.165, 1.54) is 0 Å². The fourth-order valence-electron chi connectivity index (χ4n) is 4.02. The van der Waals surface area contributed by atoms with Crippen molar-refractivity contribution in [1.29, 1.82) is 0 Å². The van der Waals surface area contributed by atoms with Gasteiger partial charge in [-0.15, -0.1) is 0 Å². The van der Waals surface area contributed by atoms with E-state index in [1.807, 2.05) is 30.3 Å². The van der Waals surface area contributed by atoms with Crippen molar-refractivity contribution in [2.45, 2.75) is 12.8 Å². The molecule has 0 spiro atoms. The molecule has 4 rings (SSSR count). The van der Waals surface area contributed by atoms with Gasteiger partial charge in [0, 0.05) is 38.3 Å². The van der Waals surface area contributed by atoms with Gasteiger partial charge >= 0.3 is 0 Å². The minimum atomic E-state index is -0.365. The Hall–Kier alpha value is -3.39. The third kappa shape index (κ3) is 6.10. The molecule has 0 aromatic heterocycles. The normalized spacial score (nSPS) is 18.3. The maximum Gasteiger partial charge on any atom is 0.260 e. The highest BCUT2D eigenvalue weighted by Gasteiger charge is 2.35. The summed E-state index contributed by atoms with van der Waals surface area (Å²) in [5, 5.41) is 2.95. The number of carbonyl (C=O) groups is 3. The smallest absolute Gasteiger partial charge is 0.260 e. The molecule has 0 aliphatic carbocycles. The number of amides is 3. The fourth-order valence-corrected chi connectivity index (χ4v) is 4.02. The summed E-state index contributed by atoms with van der Waals surface area (Å²) in [5.41, 5.74) is 1.88. The van der Waals surface area contributed by atoms with E-state index in [2.05, 4.69) is 5.32 Å². The standard InChI is InChI=1S/C25H29N3O5/c29-23-16-20(25(31)26-11-10-19-4-2-1-3-5-19)17-28(23)21-6-8-22(9-7-21)33-18-24(30)27-12-14-32-15-13-27/h1-9,20H,10-18H2,(H,26,31). The molecule has 8 nitrogen and oxygen atoms in total. The summed E-state index contributed by atoms with van der Waals surface area (Å²) in [7, 11) is 0. The second kappa shape index (κ2) is 11.0. The van der Waals surface area contributed by atoms with E-state index in [0.717, 1.165) is 12.0 Å². The molecule has 0 saturated carbocycles. The molecular weight excluding hydrogens is 422 g/mol. The Labute approximate surface area is 193 Å². The zero-order valence-corrected chi connectivity index (χ0v) is 18.6. The van der Waals surface area contributed by atoms with Crippen LogP contribution in [0.5, 0.6) is 5.75 Å². The molecule has 2 aliphatic heterocycles. The molecule has 2 saturated heterocycles. The number of ether oxygens (including phenoxy) is 2. The van der Waals surface area contributed by atoms with Gasteiger partial charge in [0.2, 0.25) is 11.8 Å². The lowest BCUT2D eigenvalue weighted by atomic mass is 10.1. The van der Waals surface area contributed by atoms with Crippen molar-refractivity contribution in [2.75, 3.05) is 50.9 Å². The van der Waals surface area contributed by atoms with Crippen LogP contribution in [0.1, 0.15) is 12.0 Å². The largest absolute Gasteiger partial charge is 0.484 e. The van der Waals surface area contributed by atoms with Gasteiger partial charge in [-0.1, -0.05) is 30.3 Å². The van der Waals surface area contributed by atoms with Gasteiger partial charge in [-0.05, 0) is 36.2 Å². The van der Waals surface area contributed by atoms with Crippen LogP contribution >= 0.6 is 0 Å². The minimum absolute atomic E-state index is 0.0345. The van der Waals surface area contributed by atoms with Crippen LogP contribution in [0.2, 0.25) is 0 Å². The van der Waals surface area contributed by atoms with Crippen molar-refractivity contribution in [2.24, 2.45) is 5.92 Å². The summed E-state index contributed by atoms with van der Waals surface area (Å²) >= 11 is 0. The van der Waals surface area contributed by atoms with Gasteiger partial charge in [0.15, 0.2) is 6.61 Å². The van der Waals surface area contributed by atoms with Gasteiger partial charge in [-0.25, -0.2) is 0 Å². The van der Waals surface area contributed by atoms with Gasteiger partial charge in [-0.2, -0.15) is 0 Å². The summed E-state index contributed by atoms with van der Waals surface area (Å²) < 4.78 is 10.9. The van der Waals surface area contributed by atoms with Gasteiger partial charge in [0.05, 0.1) is 19.1 Å². The first kappa shape index (κ1) is 22.8. The first-order valence-electron chi connectivity index (χ1n) is 11.3.